The van der Waals surface area contributed by atoms with Crippen LogP contribution in [0.15, 0.2) is 0 Å². The average molecular weight is 906 g/mol. The fourth-order valence-electron chi connectivity index (χ4n) is 8.81. The van der Waals surface area contributed by atoms with Crippen molar-refractivity contribution < 1.29 is 28.6 Å². The van der Waals surface area contributed by atoms with Gasteiger partial charge < -0.3 is 14.2 Å². The van der Waals surface area contributed by atoms with Crippen LogP contribution < -0.4 is 0 Å². The van der Waals surface area contributed by atoms with Gasteiger partial charge in [-0.2, -0.15) is 0 Å². The molecule has 0 fully saturated rings. The van der Waals surface area contributed by atoms with E-state index < -0.39 is 6.10 Å². The Labute approximate surface area is 399 Å². The van der Waals surface area contributed by atoms with Crippen molar-refractivity contribution in [1.82, 2.24) is 0 Å². The molecule has 64 heavy (non-hydrogen) atoms. The van der Waals surface area contributed by atoms with Crippen LogP contribution in [0.3, 0.4) is 0 Å². The quantitative estimate of drug-likeness (QED) is 0.0344. The minimum atomic E-state index is -0.763. The van der Waals surface area contributed by atoms with Gasteiger partial charge in [0, 0.05) is 19.3 Å². The van der Waals surface area contributed by atoms with Crippen molar-refractivity contribution in [3.63, 3.8) is 0 Å². The van der Waals surface area contributed by atoms with E-state index in [1.54, 1.807) is 0 Å². The first-order valence-electron chi connectivity index (χ1n) is 28.8. The molecule has 0 bridgehead atoms. The van der Waals surface area contributed by atoms with Crippen molar-refractivity contribution in [1.29, 1.82) is 0 Å². The lowest BCUT2D eigenvalue weighted by Gasteiger charge is -2.18. The number of hydrogen-bond donors (Lipinski definition) is 0. The molecule has 0 saturated carbocycles. The predicted molar refractivity (Wildman–Crippen MR) is 275 cm³/mol. The van der Waals surface area contributed by atoms with E-state index in [-0.39, 0.29) is 31.1 Å². The minimum Gasteiger partial charge on any atom is -0.462 e. The lowest BCUT2D eigenvalue weighted by Crippen LogP contribution is -2.30. The lowest BCUT2D eigenvalue weighted by atomic mass is 9.99. The monoisotopic (exact) mass is 905 g/mol. The molecule has 6 heteroatoms. The van der Waals surface area contributed by atoms with Crippen molar-refractivity contribution >= 4 is 17.9 Å². The summed E-state index contributed by atoms with van der Waals surface area (Å²) in [5.74, 6) is 0.866. The molecule has 0 N–H and O–H groups in total. The maximum atomic E-state index is 12.8. The van der Waals surface area contributed by atoms with Gasteiger partial charge in [-0.3, -0.25) is 14.4 Å². The number of carbonyl (C=O) groups excluding carboxylic acids is 3. The average Bonchev–Trinajstić information content (AvgIpc) is 3.29. The molecule has 0 spiro atoms. The van der Waals surface area contributed by atoms with Crippen molar-refractivity contribution in [3.8, 4) is 0 Å². The zero-order valence-electron chi connectivity index (χ0n) is 43.9. The van der Waals surface area contributed by atoms with Gasteiger partial charge in [0.05, 0.1) is 0 Å². The maximum absolute atomic E-state index is 12.8. The summed E-state index contributed by atoms with van der Waals surface area (Å²) in [5, 5.41) is 0. The smallest absolute Gasteiger partial charge is 0.306 e. The van der Waals surface area contributed by atoms with Gasteiger partial charge in [0.2, 0.25) is 0 Å². The molecule has 0 amide bonds. The standard InChI is InChI=1S/C58H112O6/c1-6-9-10-11-12-13-14-15-16-17-18-19-24-27-30-33-40-45-50-58(61)64-55(52-63-57(60)49-44-39-35-34-37-42-47-54(5)8-3)51-62-56(59)48-43-38-32-29-26-23-21-20-22-25-28-31-36-41-46-53(4)7-2/h53-55H,6-52H2,1-5H3/t53?,54?,55-/m1/s1. The zero-order chi connectivity index (χ0) is 46.8. The zero-order valence-corrected chi connectivity index (χ0v) is 43.9. The third kappa shape index (κ3) is 48.3. The molecule has 0 radical (unpaired) electrons. The molecule has 0 aromatic carbocycles. The number of hydrogen-bond acceptors (Lipinski definition) is 6. The van der Waals surface area contributed by atoms with Gasteiger partial charge in [-0.15, -0.1) is 0 Å². The summed E-state index contributed by atoms with van der Waals surface area (Å²) in [6, 6.07) is 0. The maximum Gasteiger partial charge on any atom is 0.306 e. The van der Waals surface area contributed by atoms with Crippen LogP contribution in [0, 0.1) is 11.8 Å². The Morgan fingerprint density at radius 2 is 0.547 bits per heavy atom. The van der Waals surface area contributed by atoms with Crippen molar-refractivity contribution in [2.45, 2.75) is 330 Å². The fourth-order valence-corrected chi connectivity index (χ4v) is 8.81. The van der Waals surface area contributed by atoms with Crippen LogP contribution in [0.4, 0.5) is 0 Å². The van der Waals surface area contributed by atoms with Gasteiger partial charge in [0.15, 0.2) is 6.10 Å². The highest BCUT2D eigenvalue weighted by Crippen LogP contribution is 2.19. The van der Waals surface area contributed by atoms with Crippen LogP contribution in [-0.4, -0.2) is 37.2 Å². The van der Waals surface area contributed by atoms with Gasteiger partial charge in [0.25, 0.3) is 0 Å². The third-order valence-corrected chi connectivity index (χ3v) is 13.9. The molecule has 2 unspecified atom stereocenters. The molecule has 0 aromatic rings. The van der Waals surface area contributed by atoms with E-state index in [1.165, 1.54) is 212 Å². The number of rotatable bonds is 52. The van der Waals surface area contributed by atoms with E-state index in [9.17, 15) is 14.4 Å². The second-order valence-corrected chi connectivity index (χ2v) is 20.4. The number of unbranched alkanes of at least 4 members (excludes halogenated alkanes) is 35. The summed E-state index contributed by atoms with van der Waals surface area (Å²) in [7, 11) is 0. The lowest BCUT2D eigenvalue weighted by molar-refractivity contribution is -0.167. The molecule has 0 heterocycles. The van der Waals surface area contributed by atoms with Gasteiger partial charge in [-0.05, 0) is 31.1 Å². The normalized spacial score (nSPS) is 12.9. The summed E-state index contributed by atoms with van der Waals surface area (Å²) in [5.41, 5.74) is 0. The van der Waals surface area contributed by atoms with E-state index in [0.717, 1.165) is 69.6 Å². The van der Waals surface area contributed by atoms with Gasteiger partial charge in [-0.1, -0.05) is 285 Å². The van der Waals surface area contributed by atoms with E-state index in [4.69, 9.17) is 14.2 Å². The Balaban J connectivity index is 4.25. The van der Waals surface area contributed by atoms with Crippen molar-refractivity contribution in [3.05, 3.63) is 0 Å². The molecule has 6 nitrogen and oxygen atoms in total. The highest BCUT2D eigenvalue weighted by Gasteiger charge is 2.19. The summed E-state index contributed by atoms with van der Waals surface area (Å²) >= 11 is 0. The predicted octanol–water partition coefficient (Wildman–Crippen LogP) is 18.9. The molecule has 0 aliphatic carbocycles. The minimum absolute atomic E-state index is 0.0636. The van der Waals surface area contributed by atoms with Crippen LogP contribution in [0.25, 0.3) is 0 Å². The van der Waals surface area contributed by atoms with E-state index in [2.05, 4.69) is 34.6 Å². The Hall–Kier alpha value is -1.59. The SMILES string of the molecule is CCCCCCCCCCCCCCCCCCCCC(=O)O[C@H](COC(=O)CCCCCCCCCCCCCCCCC(C)CC)COC(=O)CCCCCCCCC(C)CC. The van der Waals surface area contributed by atoms with Crippen LogP contribution in [0.2, 0.25) is 0 Å². The highest BCUT2D eigenvalue weighted by molar-refractivity contribution is 5.71. The first-order chi connectivity index (χ1) is 31.3. The summed E-state index contributed by atoms with van der Waals surface area (Å²) in [6.45, 7) is 11.4. The topological polar surface area (TPSA) is 78.9 Å². The molecular formula is C58H112O6. The first-order valence-corrected chi connectivity index (χ1v) is 28.8. The van der Waals surface area contributed by atoms with Gasteiger partial charge in [0.1, 0.15) is 13.2 Å². The molecule has 0 aliphatic heterocycles. The Bertz CT molecular complexity index is 982. The Morgan fingerprint density at radius 1 is 0.312 bits per heavy atom. The molecule has 0 aromatic heterocycles. The van der Waals surface area contributed by atoms with Crippen LogP contribution in [-0.2, 0) is 28.6 Å². The number of carbonyl (C=O) groups is 3. The highest BCUT2D eigenvalue weighted by atomic mass is 16.6. The van der Waals surface area contributed by atoms with Crippen molar-refractivity contribution in [2.75, 3.05) is 13.2 Å². The molecule has 0 saturated heterocycles. The largest absolute Gasteiger partial charge is 0.462 e. The number of ether oxygens (including phenoxy) is 3. The number of esters is 3. The van der Waals surface area contributed by atoms with Gasteiger partial charge in [-0.25, -0.2) is 0 Å². The third-order valence-electron chi connectivity index (χ3n) is 13.9. The summed E-state index contributed by atoms with van der Waals surface area (Å²) in [4.78, 5) is 38.1. The molecular weight excluding hydrogens is 793 g/mol. The van der Waals surface area contributed by atoms with E-state index >= 15 is 0 Å². The molecule has 3 atom stereocenters. The first kappa shape index (κ1) is 62.4. The second kappa shape index (κ2) is 50.8. The summed E-state index contributed by atoms with van der Waals surface area (Å²) < 4.78 is 16.9. The Morgan fingerprint density at radius 3 is 0.812 bits per heavy atom. The molecule has 0 aliphatic rings. The van der Waals surface area contributed by atoms with Crippen molar-refractivity contribution in [2.24, 2.45) is 11.8 Å². The van der Waals surface area contributed by atoms with Crippen LogP contribution in [0.1, 0.15) is 324 Å². The van der Waals surface area contributed by atoms with E-state index in [0.29, 0.717) is 19.3 Å². The fraction of sp³-hybridized carbons (Fsp3) is 0.948. The molecule has 380 valence electrons. The summed E-state index contributed by atoms with van der Waals surface area (Å²) in [6.07, 6.45) is 53.8. The Kier molecular flexibility index (Phi) is 49.6. The molecule has 0 rings (SSSR count). The van der Waals surface area contributed by atoms with Crippen LogP contribution >= 0.6 is 0 Å². The van der Waals surface area contributed by atoms with E-state index in [1.807, 2.05) is 0 Å². The van der Waals surface area contributed by atoms with Gasteiger partial charge >= 0.3 is 17.9 Å². The van der Waals surface area contributed by atoms with Crippen LogP contribution in [0.5, 0.6) is 0 Å². The second-order valence-electron chi connectivity index (χ2n) is 20.4.